The van der Waals surface area contributed by atoms with E-state index in [9.17, 15) is 5.11 Å². The molecule has 1 atom stereocenters. The highest BCUT2D eigenvalue weighted by Gasteiger charge is 2.25. The molecular weight excluding hydrogens is 332 g/mol. The summed E-state index contributed by atoms with van der Waals surface area (Å²) in [7, 11) is 0. The van der Waals surface area contributed by atoms with E-state index >= 15 is 0 Å². The number of nitrogens with zero attached hydrogens (tertiary/aromatic N) is 3. The van der Waals surface area contributed by atoms with E-state index in [2.05, 4.69) is 46.6 Å². The SMILES string of the molecule is CCCc1cc(N2CCC[C@H]2CO)nc(Nc2cccc(SC)c2)n1. The second kappa shape index (κ2) is 8.54. The van der Waals surface area contributed by atoms with Gasteiger partial charge in [0.15, 0.2) is 0 Å². The number of nitrogens with one attached hydrogen (secondary N) is 1. The molecule has 0 aliphatic carbocycles. The van der Waals surface area contributed by atoms with E-state index in [4.69, 9.17) is 4.98 Å². The predicted molar refractivity (Wildman–Crippen MR) is 105 cm³/mol. The minimum absolute atomic E-state index is 0.164. The molecule has 2 N–H and O–H groups in total. The highest BCUT2D eigenvalue weighted by atomic mass is 32.2. The Balaban J connectivity index is 1.89. The first-order valence-corrected chi connectivity index (χ1v) is 10.1. The van der Waals surface area contributed by atoms with E-state index in [1.54, 1.807) is 11.8 Å². The number of anilines is 3. The number of aryl methyl sites for hydroxylation is 1. The van der Waals surface area contributed by atoms with Crippen LogP contribution in [0.15, 0.2) is 35.2 Å². The second-order valence-corrected chi connectivity index (χ2v) is 7.20. The third-order valence-corrected chi connectivity index (χ3v) is 5.21. The van der Waals surface area contributed by atoms with E-state index < -0.39 is 0 Å². The smallest absolute Gasteiger partial charge is 0.229 e. The first kappa shape index (κ1) is 18.0. The lowest BCUT2D eigenvalue weighted by molar-refractivity contribution is 0.266. The predicted octanol–water partition coefficient (Wildman–Crippen LogP) is 3.86. The Kier molecular flexibility index (Phi) is 6.15. The van der Waals surface area contributed by atoms with Gasteiger partial charge in [0.05, 0.1) is 12.6 Å². The fourth-order valence-electron chi connectivity index (χ4n) is 3.23. The van der Waals surface area contributed by atoms with Crippen molar-refractivity contribution in [2.75, 3.05) is 29.6 Å². The highest BCUT2D eigenvalue weighted by molar-refractivity contribution is 7.98. The Morgan fingerprint density at radius 3 is 2.96 bits per heavy atom. The molecule has 0 bridgehead atoms. The number of rotatable bonds is 7. The number of thioether (sulfide) groups is 1. The lowest BCUT2D eigenvalue weighted by Gasteiger charge is -2.25. The van der Waals surface area contributed by atoms with Crippen LogP contribution in [0, 0.1) is 0 Å². The van der Waals surface area contributed by atoms with E-state index in [1.807, 2.05) is 12.1 Å². The first-order valence-electron chi connectivity index (χ1n) is 8.90. The molecule has 134 valence electrons. The third kappa shape index (κ3) is 4.44. The zero-order valence-electron chi connectivity index (χ0n) is 14.9. The summed E-state index contributed by atoms with van der Waals surface area (Å²) in [6.07, 6.45) is 6.14. The molecule has 0 unspecified atom stereocenters. The molecule has 25 heavy (non-hydrogen) atoms. The van der Waals surface area contributed by atoms with Gasteiger partial charge in [0, 0.05) is 28.9 Å². The van der Waals surface area contributed by atoms with Crippen LogP contribution in [0.25, 0.3) is 0 Å². The van der Waals surface area contributed by atoms with Crippen molar-refractivity contribution in [2.45, 2.75) is 43.5 Å². The zero-order valence-corrected chi connectivity index (χ0v) is 15.7. The minimum atomic E-state index is 0.164. The van der Waals surface area contributed by atoms with Crippen LogP contribution in [0.1, 0.15) is 31.9 Å². The molecule has 0 radical (unpaired) electrons. The topological polar surface area (TPSA) is 61.3 Å². The van der Waals surface area contributed by atoms with Crippen LogP contribution in [0.4, 0.5) is 17.5 Å². The van der Waals surface area contributed by atoms with Crippen molar-refractivity contribution in [1.82, 2.24) is 9.97 Å². The van der Waals surface area contributed by atoms with E-state index in [-0.39, 0.29) is 12.6 Å². The van der Waals surface area contributed by atoms with Gasteiger partial charge in [-0.3, -0.25) is 0 Å². The third-order valence-electron chi connectivity index (χ3n) is 4.48. The Hall–Kier alpha value is -1.79. The summed E-state index contributed by atoms with van der Waals surface area (Å²) in [5.41, 5.74) is 2.03. The molecule has 1 aromatic carbocycles. The van der Waals surface area contributed by atoms with Gasteiger partial charge in [0.2, 0.25) is 5.95 Å². The minimum Gasteiger partial charge on any atom is -0.394 e. The molecule has 0 amide bonds. The molecule has 0 saturated carbocycles. The molecular formula is C19H26N4OS. The van der Waals surface area contributed by atoms with Gasteiger partial charge in [-0.25, -0.2) is 4.98 Å². The van der Waals surface area contributed by atoms with Crippen molar-refractivity contribution in [1.29, 1.82) is 0 Å². The maximum atomic E-state index is 9.63. The number of hydrogen-bond acceptors (Lipinski definition) is 6. The Labute approximate surface area is 153 Å². The largest absolute Gasteiger partial charge is 0.394 e. The lowest BCUT2D eigenvalue weighted by atomic mass is 10.2. The second-order valence-electron chi connectivity index (χ2n) is 6.32. The Bertz CT molecular complexity index is 710. The Morgan fingerprint density at radius 1 is 1.32 bits per heavy atom. The van der Waals surface area contributed by atoms with Gasteiger partial charge in [-0.2, -0.15) is 4.98 Å². The average Bonchev–Trinajstić information content (AvgIpc) is 3.11. The van der Waals surface area contributed by atoms with Gasteiger partial charge in [-0.15, -0.1) is 11.8 Å². The van der Waals surface area contributed by atoms with Crippen molar-refractivity contribution < 1.29 is 5.11 Å². The molecule has 1 aliphatic heterocycles. The van der Waals surface area contributed by atoms with Crippen LogP contribution < -0.4 is 10.2 Å². The summed E-state index contributed by atoms with van der Waals surface area (Å²) in [6.45, 7) is 3.27. The number of hydrogen-bond donors (Lipinski definition) is 2. The fraction of sp³-hybridized carbons (Fsp3) is 0.474. The molecule has 0 spiro atoms. The fourth-order valence-corrected chi connectivity index (χ4v) is 3.69. The van der Waals surface area contributed by atoms with Crippen molar-refractivity contribution >= 4 is 29.2 Å². The quantitative estimate of drug-likeness (QED) is 0.733. The van der Waals surface area contributed by atoms with Crippen LogP contribution in [-0.4, -0.2) is 40.5 Å². The molecule has 1 aliphatic rings. The standard InChI is InChI=1S/C19H26N4OS/c1-3-6-14-12-18(23-10-5-8-16(23)13-24)22-19(20-14)21-15-7-4-9-17(11-15)25-2/h4,7,9,11-12,16,24H,3,5-6,8,10,13H2,1-2H3,(H,20,21,22)/t16-/m0/s1. The number of aliphatic hydroxyl groups is 1. The number of benzene rings is 1. The van der Waals surface area contributed by atoms with Gasteiger partial charge in [-0.1, -0.05) is 19.4 Å². The van der Waals surface area contributed by atoms with Gasteiger partial charge < -0.3 is 15.3 Å². The number of aliphatic hydroxyl groups excluding tert-OH is 1. The maximum Gasteiger partial charge on any atom is 0.229 e. The summed E-state index contributed by atoms with van der Waals surface area (Å²) in [4.78, 5) is 12.8. The maximum absolute atomic E-state index is 9.63. The van der Waals surface area contributed by atoms with E-state index in [0.29, 0.717) is 5.95 Å². The van der Waals surface area contributed by atoms with Crippen LogP contribution in [0.3, 0.4) is 0 Å². The first-order chi connectivity index (χ1) is 12.2. The molecule has 1 saturated heterocycles. The molecule has 2 aromatic rings. The summed E-state index contributed by atoms with van der Waals surface area (Å²) >= 11 is 1.71. The molecule has 3 rings (SSSR count). The van der Waals surface area contributed by atoms with Crippen molar-refractivity contribution in [3.63, 3.8) is 0 Å². The van der Waals surface area contributed by atoms with Crippen LogP contribution in [0.2, 0.25) is 0 Å². The lowest BCUT2D eigenvalue weighted by Crippen LogP contribution is -2.33. The molecule has 5 nitrogen and oxygen atoms in total. The van der Waals surface area contributed by atoms with Crippen molar-refractivity contribution in [3.05, 3.63) is 36.0 Å². The van der Waals surface area contributed by atoms with Crippen LogP contribution in [-0.2, 0) is 6.42 Å². The van der Waals surface area contributed by atoms with Gasteiger partial charge in [0.25, 0.3) is 0 Å². The molecule has 1 aromatic heterocycles. The summed E-state index contributed by atoms with van der Waals surface area (Å²) < 4.78 is 0. The Morgan fingerprint density at radius 2 is 2.20 bits per heavy atom. The monoisotopic (exact) mass is 358 g/mol. The van der Waals surface area contributed by atoms with Crippen molar-refractivity contribution in [3.8, 4) is 0 Å². The molecule has 6 heteroatoms. The molecule has 2 heterocycles. The number of aromatic nitrogens is 2. The summed E-state index contributed by atoms with van der Waals surface area (Å²) in [6, 6.07) is 10.5. The van der Waals surface area contributed by atoms with Crippen LogP contribution >= 0.6 is 11.8 Å². The highest BCUT2D eigenvalue weighted by Crippen LogP contribution is 2.27. The van der Waals surface area contributed by atoms with E-state index in [0.717, 1.165) is 49.4 Å². The zero-order chi connectivity index (χ0) is 17.6. The van der Waals surface area contributed by atoms with Gasteiger partial charge in [0.1, 0.15) is 5.82 Å². The van der Waals surface area contributed by atoms with Gasteiger partial charge in [-0.05, 0) is 43.7 Å². The normalized spacial score (nSPS) is 17.1. The van der Waals surface area contributed by atoms with Gasteiger partial charge >= 0.3 is 0 Å². The molecule has 1 fully saturated rings. The average molecular weight is 359 g/mol. The summed E-state index contributed by atoms with van der Waals surface area (Å²) in [5.74, 6) is 1.54. The summed E-state index contributed by atoms with van der Waals surface area (Å²) in [5, 5.41) is 13.0. The van der Waals surface area contributed by atoms with Crippen LogP contribution in [0.5, 0.6) is 0 Å². The van der Waals surface area contributed by atoms with E-state index in [1.165, 1.54) is 4.90 Å². The van der Waals surface area contributed by atoms with Crippen molar-refractivity contribution in [2.24, 2.45) is 0 Å².